The van der Waals surface area contributed by atoms with Crippen LogP contribution in [0.1, 0.15) is 79.1 Å². The van der Waals surface area contributed by atoms with E-state index in [1.807, 2.05) is 0 Å². The lowest BCUT2D eigenvalue weighted by Crippen LogP contribution is -2.39. The highest BCUT2D eigenvalue weighted by atomic mass is 15.0. The summed E-state index contributed by atoms with van der Waals surface area (Å²) >= 11 is 0. The van der Waals surface area contributed by atoms with Gasteiger partial charge in [-0.05, 0) is 55.4 Å². The maximum Gasteiger partial charge on any atom is 0.0354 e. The Balaban J connectivity index is 1.80. The second-order valence-corrected chi connectivity index (χ2v) is 8.44. The molecule has 0 aromatic heterocycles. The molecule has 3 aliphatic rings. The molecule has 0 aromatic rings. The van der Waals surface area contributed by atoms with E-state index in [4.69, 9.17) is 0 Å². The van der Waals surface area contributed by atoms with E-state index in [9.17, 15) is 0 Å². The summed E-state index contributed by atoms with van der Waals surface area (Å²) in [6.07, 6.45) is 16.1. The van der Waals surface area contributed by atoms with Crippen LogP contribution in [0.15, 0.2) is 23.4 Å². The summed E-state index contributed by atoms with van der Waals surface area (Å²) in [6, 6.07) is 0.699. The van der Waals surface area contributed by atoms with Gasteiger partial charge < -0.3 is 5.32 Å². The molecule has 0 bridgehead atoms. The van der Waals surface area contributed by atoms with Crippen LogP contribution in [0.3, 0.4) is 0 Å². The number of hydrogen-bond acceptors (Lipinski definition) is 1. The third kappa shape index (κ3) is 3.26. The molecule has 3 rings (SSSR count). The Hall–Kier alpha value is -0.720. The summed E-state index contributed by atoms with van der Waals surface area (Å²) in [5.74, 6) is 4.45. The lowest BCUT2D eigenvalue weighted by atomic mass is 9.69. The highest BCUT2D eigenvalue weighted by molar-refractivity contribution is 5.29. The average Bonchev–Trinajstić information content (AvgIpc) is 2.71. The molecular formula is C22H37N. The SMILES string of the molecule is CCCCC1=C(C)NC2C(C=C1)C(C)C1C2CCC[C@@H]1CCC. The van der Waals surface area contributed by atoms with Gasteiger partial charge in [0.1, 0.15) is 0 Å². The number of rotatable bonds is 5. The molecule has 1 heterocycles. The summed E-state index contributed by atoms with van der Waals surface area (Å²) in [6.45, 7) is 9.53. The first-order chi connectivity index (χ1) is 11.2. The first kappa shape index (κ1) is 17.1. The third-order valence-corrected chi connectivity index (χ3v) is 7.08. The molecule has 0 amide bonds. The van der Waals surface area contributed by atoms with Crippen LogP contribution in [0.5, 0.6) is 0 Å². The maximum absolute atomic E-state index is 4.01. The smallest absolute Gasteiger partial charge is 0.0354 e. The quantitative estimate of drug-likeness (QED) is 0.648. The minimum atomic E-state index is 0.699. The van der Waals surface area contributed by atoms with Crippen molar-refractivity contribution in [1.29, 1.82) is 0 Å². The van der Waals surface area contributed by atoms with E-state index in [0.717, 1.165) is 29.6 Å². The zero-order valence-corrected chi connectivity index (χ0v) is 15.8. The van der Waals surface area contributed by atoms with Gasteiger partial charge in [0.15, 0.2) is 0 Å². The predicted octanol–water partition coefficient (Wildman–Crippen LogP) is 6.08. The van der Waals surface area contributed by atoms with Crippen molar-refractivity contribution in [3.63, 3.8) is 0 Å². The summed E-state index contributed by atoms with van der Waals surface area (Å²) in [5.41, 5.74) is 3.03. The van der Waals surface area contributed by atoms with Gasteiger partial charge >= 0.3 is 0 Å². The van der Waals surface area contributed by atoms with Crippen LogP contribution >= 0.6 is 0 Å². The molecule has 1 nitrogen and oxygen atoms in total. The molecule has 5 unspecified atom stereocenters. The van der Waals surface area contributed by atoms with Crippen LogP contribution in [-0.2, 0) is 0 Å². The molecule has 2 aliphatic carbocycles. The molecule has 23 heavy (non-hydrogen) atoms. The average molecular weight is 316 g/mol. The molecule has 6 atom stereocenters. The fourth-order valence-corrected chi connectivity index (χ4v) is 6.00. The van der Waals surface area contributed by atoms with E-state index in [1.54, 1.807) is 5.57 Å². The zero-order valence-electron chi connectivity index (χ0n) is 15.8. The number of hydrogen-bond donors (Lipinski definition) is 1. The topological polar surface area (TPSA) is 12.0 Å². The minimum Gasteiger partial charge on any atom is -0.385 e. The van der Waals surface area contributed by atoms with Crippen LogP contribution in [-0.4, -0.2) is 6.04 Å². The first-order valence-corrected chi connectivity index (χ1v) is 10.3. The molecule has 130 valence electrons. The Morgan fingerprint density at radius 1 is 1.17 bits per heavy atom. The van der Waals surface area contributed by atoms with Gasteiger partial charge in [-0.1, -0.05) is 65.0 Å². The van der Waals surface area contributed by atoms with Gasteiger partial charge in [0, 0.05) is 17.7 Å². The normalized spacial score (nSPS) is 39.7. The van der Waals surface area contributed by atoms with E-state index < -0.39 is 0 Å². The number of nitrogens with one attached hydrogen (secondary N) is 1. The monoisotopic (exact) mass is 315 g/mol. The van der Waals surface area contributed by atoms with Crippen LogP contribution in [0.4, 0.5) is 0 Å². The molecule has 0 aromatic carbocycles. The molecule has 0 radical (unpaired) electrons. The van der Waals surface area contributed by atoms with E-state index in [2.05, 4.69) is 45.2 Å². The number of fused-ring (bicyclic) bond motifs is 3. The van der Waals surface area contributed by atoms with Crippen molar-refractivity contribution < 1.29 is 0 Å². The van der Waals surface area contributed by atoms with Crippen LogP contribution < -0.4 is 5.32 Å². The Labute approximate surface area is 144 Å². The van der Waals surface area contributed by atoms with Crippen LogP contribution in [0.25, 0.3) is 0 Å². The van der Waals surface area contributed by atoms with Crippen LogP contribution in [0, 0.1) is 29.6 Å². The van der Waals surface area contributed by atoms with E-state index >= 15 is 0 Å². The molecule has 1 aliphatic heterocycles. The van der Waals surface area contributed by atoms with Crippen molar-refractivity contribution in [2.24, 2.45) is 29.6 Å². The van der Waals surface area contributed by atoms with Crippen molar-refractivity contribution in [2.75, 3.05) is 0 Å². The van der Waals surface area contributed by atoms with E-state index in [-0.39, 0.29) is 0 Å². The Morgan fingerprint density at radius 2 is 2.00 bits per heavy atom. The van der Waals surface area contributed by atoms with Crippen molar-refractivity contribution in [2.45, 2.75) is 85.1 Å². The molecule has 1 heteroatoms. The lowest BCUT2D eigenvalue weighted by Gasteiger charge is -2.38. The minimum absolute atomic E-state index is 0.699. The van der Waals surface area contributed by atoms with Gasteiger partial charge in [-0.15, -0.1) is 0 Å². The van der Waals surface area contributed by atoms with E-state index in [0.29, 0.717) is 6.04 Å². The molecule has 0 saturated heterocycles. The molecule has 2 saturated carbocycles. The Morgan fingerprint density at radius 3 is 2.74 bits per heavy atom. The van der Waals surface area contributed by atoms with Crippen LogP contribution in [0.2, 0.25) is 0 Å². The van der Waals surface area contributed by atoms with Gasteiger partial charge in [0.25, 0.3) is 0 Å². The summed E-state index contributed by atoms with van der Waals surface area (Å²) in [7, 11) is 0. The Kier molecular flexibility index (Phi) is 5.54. The standard InChI is InChI=1S/C22H37N/c1-5-7-10-17-13-14-19-15(3)21-18(9-6-2)11-8-12-20(21)22(19)23-16(17)4/h13-15,18-23H,5-12H2,1-4H3/t15?,18-,19?,20?,21?,22?/m0/s1. The van der Waals surface area contributed by atoms with Gasteiger partial charge in [-0.2, -0.15) is 0 Å². The van der Waals surface area contributed by atoms with Gasteiger partial charge in [0.05, 0.1) is 0 Å². The third-order valence-electron chi connectivity index (χ3n) is 7.08. The van der Waals surface area contributed by atoms with Gasteiger partial charge in [-0.3, -0.25) is 0 Å². The largest absolute Gasteiger partial charge is 0.385 e. The highest BCUT2D eigenvalue weighted by Crippen LogP contribution is 2.53. The van der Waals surface area contributed by atoms with Crippen molar-refractivity contribution in [3.05, 3.63) is 23.4 Å². The fourth-order valence-electron chi connectivity index (χ4n) is 6.00. The highest BCUT2D eigenvalue weighted by Gasteiger charge is 2.51. The van der Waals surface area contributed by atoms with E-state index in [1.165, 1.54) is 57.1 Å². The molecule has 1 N–H and O–H groups in total. The molecular weight excluding hydrogens is 278 g/mol. The maximum atomic E-state index is 4.01. The molecule has 0 spiro atoms. The summed E-state index contributed by atoms with van der Waals surface area (Å²) < 4.78 is 0. The summed E-state index contributed by atoms with van der Waals surface area (Å²) in [4.78, 5) is 0. The number of unbranched alkanes of at least 4 members (excludes halogenated alkanes) is 1. The summed E-state index contributed by atoms with van der Waals surface area (Å²) in [5, 5.41) is 4.01. The first-order valence-electron chi connectivity index (χ1n) is 10.3. The second-order valence-electron chi connectivity index (χ2n) is 8.44. The number of allylic oxidation sites excluding steroid dienone is 3. The van der Waals surface area contributed by atoms with Gasteiger partial charge in [-0.25, -0.2) is 0 Å². The predicted molar refractivity (Wildman–Crippen MR) is 100 cm³/mol. The lowest BCUT2D eigenvalue weighted by molar-refractivity contribution is 0.129. The second kappa shape index (κ2) is 7.45. The zero-order chi connectivity index (χ0) is 16.4. The van der Waals surface area contributed by atoms with Crippen molar-refractivity contribution in [1.82, 2.24) is 5.32 Å². The van der Waals surface area contributed by atoms with Gasteiger partial charge in [0.2, 0.25) is 0 Å². The Bertz CT molecular complexity index is 459. The van der Waals surface area contributed by atoms with Crippen molar-refractivity contribution in [3.8, 4) is 0 Å². The molecule has 2 fully saturated rings. The fraction of sp³-hybridized carbons (Fsp3) is 0.818. The van der Waals surface area contributed by atoms with Crippen molar-refractivity contribution >= 4 is 0 Å².